The molecule has 0 aromatic heterocycles. The molecule has 2 rings (SSSR count). The van der Waals surface area contributed by atoms with Gasteiger partial charge in [-0.2, -0.15) is 11.8 Å². The third kappa shape index (κ3) is 3.57. The highest BCUT2D eigenvalue weighted by Gasteiger charge is 2.28. The summed E-state index contributed by atoms with van der Waals surface area (Å²) in [6.45, 7) is 2.02. The summed E-state index contributed by atoms with van der Waals surface area (Å²) in [7, 11) is 0. The molecule has 0 heterocycles. The van der Waals surface area contributed by atoms with Crippen molar-refractivity contribution in [1.82, 2.24) is 5.32 Å². The molecule has 0 bridgehead atoms. The Morgan fingerprint density at radius 3 is 2.74 bits per heavy atom. The number of hydrogen-bond acceptors (Lipinski definition) is 2. The van der Waals surface area contributed by atoms with Crippen molar-refractivity contribution in [2.75, 3.05) is 6.26 Å². The molecule has 106 valence electrons. The number of rotatable bonds is 4. The predicted octanol–water partition coefficient (Wildman–Crippen LogP) is 5.07. The average Bonchev–Trinajstić information content (AvgIpc) is 2.80. The Balaban J connectivity index is 2.11. The maximum atomic E-state index is 13.6. The van der Waals surface area contributed by atoms with Crippen LogP contribution in [0.4, 0.5) is 4.39 Å². The SMILES string of the molecule is CSC1CCCC1NC(C)c1cc(F)c(Cl)cc1Cl. The first-order chi connectivity index (χ1) is 9.02. The Labute approximate surface area is 128 Å². The smallest absolute Gasteiger partial charge is 0.142 e. The van der Waals surface area contributed by atoms with Gasteiger partial charge in [0.05, 0.1) is 5.02 Å². The molecule has 0 spiro atoms. The van der Waals surface area contributed by atoms with Crippen molar-refractivity contribution >= 4 is 35.0 Å². The summed E-state index contributed by atoms with van der Waals surface area (Å²) in [6.07, 6.45) is 5.81. The van der Waals surface area contributed by atoms with Crippen molar-refractivity contribution in [3.63, 3.8) is 0 Å². The third-order valence-electron chi connectivity index (χ3n) is 3.73. The van der Waals surface area contributed by atoms with Gasteiger partial charge in [-0.3, -0.25) is 0 Å². The van der Waals surface area contributed by atoms with Crippen molar-refractivity contribution in [1.29, 1.82) is 0 Å². The van der Waals surface area contributed by atoms with E-state index >= 15 is 0 Å². The highest BCUT2D eigenvalue weighted by Crippen LogP contribution is 2.33. The van der Waals surface area contributed by atoms with Gasteiger partial charge in [0.2, 0.25) is 0 Å². The van der Waals surface area contributed by atoms with E-state index < -0.39 is 5.82 Å². The van der Waals surface area contributed by atoms with Crippen LogP contribution < -0.4 is 5.32 Å². The molecular weight excluding hydrogens is 304 g/mol. The minimum Gasteiger partial charge on any atom is -0.306 e. The van der Waals surface area contributed by atoms with Crippen LogP contribution in [0.1, 0.15) is 37.8 Å². The molecule has 1 nitrogen and oxygen atoms in total. The van der Waals surface area contributed by atoms with Crippen molar-refractivity contribution in [2.24, 2.45) is 0 Å². The zero-order valence-electron chi connectivity index (χ0n) is 11.1. The molecule has 1 aromatic rings. The fraction of sp³-hybridized carbons (Fsp3) is 0.571. The molecule has 0 aliphatic heterocycles. The van der Waals surface area contributed by atoms with Crippen LogP contribution in [0, 0.1) is 5.82 Å². The van der Waals surface area contributed by atoms with Crippen LogP contribution >= 0.6 is 35.0 Å². The molecule has 1 N–H and O–H groups in total. The molecule has 3 unspecified atom stereocenters. The summed E-state index contributed by atoms with van der Waals surface area (Å²) in [4.78, 5) is 0. The quantitative estimate of drug-likeness (QED) is 0.777. The van der Waals surface area contributed by atoms with Gasteiger partial charge in [0, 0.05) is 22.4 Å². The Morgan fingerprint density at radius 2 is 2.05 bits per heavy atom. The fourth-order valence-corrected chi connectivity index (χ4v) is 4.17. The molecule has 5 heteroatoms. The second kappa shape index (κ2) is 6.66. The fourth-order valence-electron chi connectivity index (χ4n) is 2.68. The van der Waals surface area contributed by atoms with Crippen LogP contribution in [0.2, 0.25) is 10.0 Å². The van der Waals surface area contributed by atoms with Gasteiger partial charge in [0.15, 0.2) is 0 Å². The summed E-state index contributed by atoms with van der Waals surface area (Å²) in [5.41, 5.74) is 0.773. The van der Waals surface area contributed by atoms with E-state index in [4.69, 9.17) is 23.2 Å². The number of hydrogen-bond donors (Lipinski definition) is 1. The van der Waals surface area contributed by atoms with Gasteiger partial charge < -0.3 is 5.32 Å². The predicted molar refractivity (Wildman–Crippen MR) is 82.9 cm³/mol. The molecule has 1 saturated carbocycles. The van der Waals surface area contributed by atoms with Crippen LogP contribution in [0.3, 0.4) is 0 Å². The molecule has 3 atom stereocenters. The highest BCUT2D eigenvalue weighted by atomic mass is 35.5. The van der Waals surface area contributed by atoms with Gasteiger partial charge in [-0.1, -0.05) is 29.6 Å². The summed E-state index contributed by atoms with van der Waals surface area (Å²) < 4.78 is 13.6. The van der Waals surface area contributed by atoms with Gasteiger partial charge in [0.1, 0.15) is 5.82 Å². The largest absolute Gasteiger partial charge is 0.306 e. The molecule has 1 fully saturated rings. The second-order valence-corrected chi connectivity index (χ2v) is 6.88. The van der Waals surface area contributed by atoms with Crippen molar-refractivity contribution in [3.05, 3.63) is 33.6 Å². The molecule has 0 radical (unpaired) electrons. The van der Waals surface area contributed by atoms with E-state index in [1.165, 1.54) is 31.4 Å². The lowest BCUT2D eigenvalue weighted by molar-refractivity contribution is 0.466. The highest BCUT2D eigenvalue weighted by molar-refractivity contribution is 7.99. The summed E-state index contributed by atoms with van der Waals surface area (Å²) in [5.74, 6) is -0.414. The van der Waals surface area contributed by atoms with Crippen molar-refractivity contribution in [2.45, 2.75) is 43.5 Å². The molecule has 0 amide bonds. The summed E-state index contributed by atoms with van der Waals surface area (Å²) in [6, 6.07) is 3.41. The van der Waals surface area contributed by atoms with Gasteiger partial charge >= 0.3 is 0 Å². The number of thioether (sulfide) groups is 1. The lowest BCUT2D eigenvalue weighted by atomic mass is 10.1. The van der Waals surface area contributed by atoms with Crippen LogP contribution in [0.15, 0.2) is 12.1 Å². The van der Waals surface area contributed by atoms with E-state index in [1.807, 2.05) is 18.7 Å². The van der Waals surface area contributed by atoms with Gasteiger partial charge in [-0.25, -0.2) is 4.39 Å². The van der Waals surface area contributed by atoms with Crippen LogP contribution in [0.25, 0.3) is 0 Å². The van der Waals surface area contributed by atoms with Crippen LogP contribution in [0.5, 0.6) is 0 Å². The first-order valence-electron chi connectivity index (χ1n) is 6.46. The third-order valence-corrected chi connectivity index (χ3v) is 5.51. The molecule has 19 heavy (non-hydrogen) atoms. The number of nitrogens with one attached hydrogen (secondary N) is 1. The standard InChI is InChI=1S/C14H18Cl2FNS/c1-8(18-13-4-3-5-14(13)19-2)9-6-12(17)11(16)7-10(9)15/h6-8,13-14,18H,3-5H2,1-2H3. The second-order valence-electron chi connectivity index (χ2n) is 4.99. The van der Waals surface area contributed by atoms with Crippen LogP contribution in [-0.4, -0.2) is 17.5 Å². The van der Waals surface area contributed by atoms with Crippen LogP contribution in [-0.2, 0) is 0 Å². The van der Waals surface area contributed by atoms with E-state index in [0.717, 1.165) is 5.56 Å². The molecule has 1 aliphatic carbocycles. The van der Waals surface area contributed by atoms with E-state index in [0.29, 0.717) is 16.3 Å². The Morgan fingerprint density at radius 1 is 1.32 bits per heavy atom. The van der Waals surface area contributed by atoms with Gasteiger partial charge in [-0.15, -0.1) is 0 Å². The summed E-state index contributed by atoms with van der Waals surface area (Å²) >= 11 is 13.8. The zero-order valence-corrected chi connectivity index (χ0v) is 13.4. The summed E-state index contributed by atoms with van der Waals surface area (Å²) in [5, 5.41) is 4.80. The normalized spacial score (nSPS) is 24.7. The monoisotopic (exact) mass is 321 g/mol. The lowest BCUT2D eigenvalue weighted by Gasteiger charge is -2.25. The van der Waals surface area contributed by atoms with E-state index in [1.54, 1.807) is 0 Å². The minimum absolute atomic E-state index is 0.0250. The maximum absolute atomic E-state index is 13.6. The topological polar surface area (TPSA) is 12.0 Å². The number of benzene rings is 1. The van der Waals surface area contributed by atoms with Crippen molar-refractivity contribution in [3.8, 4) is 0 Å². The number of halogens is 3. The van der Waals surface area contributed by atoms with E-state index in [9.17, 15) is 4.39 Å². The first kappa shape index (κ1) is 15.4. The molecule has 0 saturated heterocycles. The van der Waals surface area contributed by atoms with Gasteiger partial charge in [0.25, 0.3) is 0 Å². The van der Waals surface area contributed by atoms with Crippen molar-refractivity contribution < 1.29 is 4.39 Å². The first-order valence-corrected chi connectivity index (χ1v) is 8.50. The van der Waals surface area contributed by atoms with Gasteiger partial charge in [-0.05, 0) is 43.7 Å². The Bertz CT molecular complexity index is 455. The average molecular weight is 322 g/mol. The molecule has 1 aliphatic rings. The maximum Gasteiger partial charge on any atom is 0.142 e. The zero-order chi connectivity index (χ0) is 14.0. The van der Waals surface area contributed by atoms with E-state index in [2.05, 4.69) is 11.6 Å². The molecular formula is C14H18Cl2FNS. The van der Waals surface area contributed by atoms with E-state index in [-0.39, 0.29) is 11.1 Å². The Hall–Kier alpha value is 0.0400. The lowest BCUT2D eigenvalue weighted by Crippen LogP contribution is -2.36. The molecule has 1 aromatic carbocycles. The minimum atomic E-state index is -0.414. The Kier molecular flexibility index (Phi) is 5.41.